The van der Waals surface area contributed by atoms with Crippen molar-refractivity contribution in [3.8, 4) is 0 Å². The summed E-state index contributed by atoms with van der Waals surface area (Å²) in [6.07, 6.45) is 1.18. The first-order chi connectivity index (χ1) is 13.2. The molecule has 0 saturated carbocycles. The van der Waals surface area contributed by atoms with E-state index in [-0.39, 0.29) is 11.9 Å². The van der Waals surface area contributed by atoms with Gasteiger partial charge in [-0.2, -0.15) is 4.31 Å². The van der Waals surface area contributed by atoms with Crippen molar-refractivity contribution in [2.75, 3.05) is 39.3 Å². The number of likely N-dealkylation sites (tertiary alicyclic amines) is 1. The Bertz CT molecular complexity index is 776. The van der Waals surface area contributed by atoms with Crippen LogP contribution in [0.2, 0.25) is 0 Å². The maximum Gasteiger partial charge on any atom is 0.280 e. The van der Waals surface area contributed by atoms with Crippen molar-refractivity contribution < 1.29 is 18.1 Å². The van der Waals surface area contributed by atoms with Gasteiger partial charge in [0.25, 0.3) is 5.91 Å². The van der Waals surface area contributed by atoms with Crippen LogP contribution < -0.4 is 4.90 Å². The summed E-state index contributed by atoms with van der Waals surface area (Å²) in [4.78, 5) is 16.5. The van der Waals surface area contributed by atoms with Gasteiger partial charge in [-0.25, -0.2) is 8.42 Å². The number of benzene rings is 1. The number of piperazine rings is 1. The molecule has 2 heterocycles. The summed E-state index contributed by atoms with van der Waals surface area (Å²) in [6.45, 7) is 12.3. The Hall–Kier alpha value is -1.44. The first-order valence-corrected chi connectivity index (χ1v) is 11.8. The van der Waals surface area contributed by atoms with Gasteiger partial charge in [0.2, 0.25) is 10.0 Å². The zero-order valence-electron chi connectivity index (χ0n) is 17.5. The third-order valence-electron chi connectivity index (χ3n) is 6.19. The summed E-state index contributed by atoms with van der Waals surface area (Å²) >= 11 is 0. The van der Waals surface area contributed by atoms with Crippen LogP contribution in [0.3, 0.4) is 0 Å². The van der Waals surface area contributed by atoms with Gasteiger partial charge in [-0.05, 0) is 44.2 Å². The van der Waals surface area contributed by atoms with Crippen LogP contribution in [0.4, 0.5) is 0 Å². The van der Waals surface area contributed by atoms with Gasteiger partial charge in [0.1, 0.15) is 0 Å². The van der Waals surface area contributed by atoms with Gasteiger partial charge in [0, 0.05) is 13.1 Å². The highest BCUT2D eigenvalue weighted by atomic mass is 32.2. The number of amides is 1. The molecule has 0 radical (unpaired) electrons. The lowest BCUT2D eigenvalue weighted by Crippen LogP contribution is -3.19. The fourth-order valence-electron chi connectivity index (χ4n) is 4.60. The fraction of sp³-hybridized carbons (Fsp3) is 0.667. The molecule has 28 heavy (non-hydrogen) atoms. The van der Waals surface area contributed by atoms with Crippen LogP contribution in [0.25, 0.3) is 0 Å². The number of carbonyl (C=O) groups excluding carboxylic acids is 1. The standard InChI is InChI=1S/C21H33N3O3S/c1-16-5-7-20(8-6-16)28(26,27)24-11-9-22(10-12-24)19(4)21(25)23-14-17(2)13-18(3)15-23/h5-8,17-19H,9-15H2,1-4H3/p+1/t17-,18-,19-/m0/s1. The molecule has 6 nitrogen and oxygen atoms in total. The molecule has 0 aromatic heterocycles. The maximum atomic E-state index is 13.0. The van der Waals surface area contributed by atoms with Crippen LogP contribution in [-0.2, 0) is 14.8 Å². The van der Waals surface area contributed by atoms with E-state index >= 15 is 0 Å². The number of nitrogens with zero attached hydrogens (tertiary/aromatic N) is 2. The van der Waals surface area contributed by atoms with E-state index in [0.29, 0.717) is 42.9 Å². The van der Waals surface area contributed by atoms with E-state index in [2.05, 4.69) is 13.8 Å². The lowest BCUT2D eigenvalue weighted by Gasteiger charge is -2.39. The van der Waals surface area contributed by atoms with Gasteiger partial charge < -0.3 is 9.80 Å². The highest BCUT2D eigenvalue weighted by Crippen LogP contribution is 2.21. The summed E-state index contributed by atoms with van der Waals surface area (Å²) in [6, 6.07) is 6.89. The van der Waals surface area contributed by atoms with Crippen molar-refractivity contribution in [2.45, 2.75) is 45.1 Å². The largest absolute Gasteiger partial charge is 0.337 e. The Morgan fingerprint density at radius 2 is 1.61 bits per heavy atom. The zero-order valence-corrected chi connectivity index (χ0v) is 18.3. The van der Waals surface area contributed by atoms with E-state index in [9.17, 15) is 13.2 Å². The number of aryl methyl sites for hydroxylation is 1. The molecule has 2 fully saturated rings. The second-order valence-electron chi connectivity index (χ2n) is 8.79. The number of hydrogen-bond acceptors (Lipinski definition) is 3. The summed E-state index contributed by atoms with van der Waals surface area (Å²) in [7, 11) is -3.46. The van der Waals surface area contributed by atoms with Crippen LogP contribution in [0.15, 0.2) is 29.2 Å². The van der Waals surface area contributed by atoms with E-state index < -0.39 is 10.0 Å². The number of rotatable bonds is 4. The van der Waals surface area contributed by atoms with Crippen LogP contribution >= 0.6 is 0 Å². The van der Waals surface area contributed by atoms with Gasteiger partial charge in [0.15, 0.2) is 6.04 Å². The predicted octanol–water partition coefficient (Wildman–Crippen LogP) is 0.777. The molecular formula is C21H34N3O3S+. The molecule has 0 bridgehead atoms. The Morgan fingerprint density at radius 3 is 2.14 bits per heavy atom. The minimum atomic E-state index is -3.46. The number of nitrogens with one attached hydrogen (secondary N) is 1. The average Bonchev–Trinajstić information content (AvgIpc) is 2.66. The highest BCUT2D eigenvalue weighted by molar-refractivity contribution is 7.89. The van der Waals surface area contributed by atoms with Gasteiger partial charge in [-0.3, -0.25) is 4.79 Å². The summed E-state index contributed by atoms with van der Waals surface area (Å²) in [5.41, 5.74) is 1.04. The quantitative estimate of drug-likeness (QED) is 0.801. The van der Waals surface area contributed by atoms with Gasteiger partial charge in [0.05, 0.1) is 31.1 Å². The molecule has 1 N–H and O–H groups in total. The lowest BCUT2D eigenvalue weighted by atomic mass is 9.91. The van der Waals surface area contributed by atoms with Crippen molar-refractivity contribution in [1.82, 2.24) is 9.21 Å². The fourth-order valence-corrected chi connectivity index (χ4v) is 6.04. The van der Waals surface area contributed by atoms with Gasteiger partial charge in [-0.1, -0.05) is 31.5 Å². The predicted molar refractivity (Wildman–Crippen MR) is 110 cm³/mol. The summed E-state index contributed by atoms with van der Waals surface area (Å²) < 4.78 is 27.3. The average molecular weight is 409 g/mol. The molecule has 1 aromatic carbocycles. The van der Waals surface area contributed by atoms with Crippen molar-refractivity contribution in [1.29, 1.82) is 0 Å². The van der Waals surface area contributed by atoms with Crippen LogP contribution in [-0.4, -0.2) is 68.8 Å². The Morgan fingerprint density at radius 1 is 1.07 bits per heavy atom. The smallest absolute Gasteiger partial charge is 0.280 e. The molecule has 2 saturated heterocycles. The number of sulfonamides is 1. The molecule has 3 rings (SSSR count). The molecule has 7 heteroatoms. The maximum absolute atomic E-state index is 13.0. The number of carbonyl (C=O) groups is 1. The second kappa shape index (κ2) is 8.51. The second-order valence-corrected chi connectivity index (χ2v) is 10.7. The molecule has 1 amide bonds. The molecule has 1 aromatic rings. The molecule has 156 valence electrons. The Kier molecular flexibility index (Phi) is 6.47. The van der Waals surface area contributed by atoms with Gasteiger partial charge in [-0.15, -0.1) is 0 Å². The van der Waals surface area contributed by atoms with Crippen molar-refractivity contribution in [2.24, 2.45) is 11.8 Å². The molecule has 2 aliphatic heterocycles. The van der Waals surface area contributed by atoms with E-state index in [1.54, 1.807) is 16.4 Å². The van der Waals surface area contributed by atoms with Crippen LogP contribution in [0.1, 0.15) is 32.8 Å². The van der Waals surface area contributed by atoms with Crippen LogP contribution in [0, 0.1) is 18.8 Å². The van der Waals surface area contributed by atoms with E-state index in [1.165, 1.54) is 11.3 Å². The minimum Gasteiger partial charge on any atom is -0.337 e. The third-order valence-corrected chi connectivity index (χ3v) is 8.10. The normalized spacial score (nSPS) is 26.2. The monoisotopic (exact) mass is 408 g/mol. The first-order valence-electron chi connectivity index (χ1n) is 10.4. The Labute approximate surface area is 169 Å². The highest BCUT2D eigenvalue weighted by Gasteiger charge is 2.37. The SMILES string of the molecule is Cc1ccc(S(=O)(=O)N2CC[NH+]([C@@H](C)C(=O)N3C[C@@H](C)C[C@H](C)C3)CC2)cc1. The van der Waals surface area contributed by atoms with E-state index in [1.807, 2.05) is 30.9 Å². The first kappa shape index (κ1) is 21.3. The molecule has 0 spiro atoms. The molecule has 0 unspecified atom stereocenters. The molecule has 2 aliphatic rings. The van der Waals surface area contributed by atoms with E-state index in [0.717, 1.165) is 18.7 Å². The molecule has 0 aliphatic carbocycles. The van der Waals surface area contributed by atoms with Crippen molar-refractivity contribution in [3.05, 3.63) is 29.8 Å². The molecular weight excluding hydrogens is 374 g/mol. The number of quaternary nitrogens is 1. The Balaban J connectivity index is 1.60. The number of piperidine rings is 1. The van der Waals surface area contributed by atoms with Crippen LogP contribution in [0.5, 0.6) is 0 Å². The third kappa shape index (κ3) is 4.58. The number of hydrogen-bond donors (Lipinski definition) is 1. The summed E-state index contributed by atoms with van der Waals surface area (Å²) in [5, 5.41) is 0. The zero-order chi connectivity index (χ0) is 20.5. The summed E-state index contributed by atoms with van der Waals surface area (Å²) in [5.74, 6) is 1.31. The minimum absolute atomic E-state index is 0.123. The van der Waals surface area contributed by atoms with Crippen molar-refractivity contribution >= 4 is 15.9 Å². The van der Waals surface area contributed by atoms with E-state index in [4.69, 9.17) is 0 Å². The van der Waals surface area contributed by atoms with Gasteiger partial charge >= 0.3 is 0 Å². The van der Waals surface area contributed by atoms with Crippen molar-refractivity contribution in [3.63, 3.8) is 0 Å². The lowest BCUT2D eigenvalue weighted by molar-refractivity contribution is -0.918. The topological polar surface area (TPSA) is 62.1 Å². The molecule has 3 atom stereocenters.